The van der Waals surface area contributed by atoms with E-state index < -0.39 is 5.60 Å². The van der Waals surface area contributed by atoms with E-state index in [0.29, 0.717) is 0 Å². The average molecular weight is 342 g/mol. The summed E-state index contributed by atoms with van der Waals surface area (Å²) >= 11 is 0. The van der Waals surface area contributed by atoms with Gasteiger partial charge >= 0.3 is 6.09 Å². The van der Waals surface area contributed by atoms with Crippen molar-refractivity contribution in [1.29, 1.82) is 0 Å². The first-order valence-corrected chi connectivity index (χ1v) is 8.57. The van der Waals surface area contributed by atoms with Crippen LogP contribution in [0.25, 0.3) is 16.8 Å². The number of nitrogens with zero attached hydrogens (tertiary/aromatic N) is 4. The summed E-state index contributed by atoms with van der Waals surface area (Å²) in [6, 6.07) is 2.07. The van der Waals surface area contributed by atoms with E-state index >= 15 is 0 Å². The lowest BCUT2D eigenvalue weighted by atomic mass is 10.1. The maximum Gasteiger partial charge on any atom is 0.407 e. The van der Waals surface area contributed by atoms with Crippen molar-refractivity contribution in [2.75, 3.05) is 0 Å². The predicted molar refractivity (Wildman–Crippen MR) is 92.4 cm³/mol. The van der Waals surface area contributed by atoms with Gasteiger partial charge < -0.3 is 15.0 Å². The number of hydrogen-bond acceptors (Lipinski definition) is 5. The summed E-state index contributed by atoms with van der Waals surface area (Å²) in [7, 11) is 0. The fourth-order valence-corrected chi connectivity index (χ4v) is 3.48. The molecular weight excluding hydrogens is 320 g/mol. The molecule has 1 fully saturated rings. The molecule has 3 aromatic rings. The Labute approximate surface area is 145 Å². The summed E-state index contributed by atoms with van der Waals surface area (Å²) in [5, 5.41) is 11.6. The van der Waals surface area contributed by atoms with Gasteiger partial charge in [0.15, 0.2) is 11.3 Å². The fraction of sp³-hybridized carbons (Fsp3) is 0.529. The molecule has 2 N–H and O–H groups in total. The van der Waals surface area contributed by atoms with Crippen LogP contribution in [0.3, 0.4) is 0 Å². The van der Waals surface area contributed by atoms with E-state index in [-0.39, 0.29) is 18.1 Å². The summed E-state index contributed by atoms with van der Waals surface area (Å²) in [4.78, 5) is 19.4. The van der Waals surface area contributed by atoms with Crippen LogP contribution in [0.4, 0.5) is 4.79 Å². The highest BCUT2D eigenvalue weighted by molar-refractivity contribution is 5.74. The van der Waals surface area contributed by atoms with Crippen LogP contribution < -0.4 is 5.32 Å². The molecule has 1 amide bonds. The molecule has 1 aliphatic rings. The lowest BCUT2D eigenvalue weighted by Crippen LogP contribution is -2.37. The third-order valence-corrected chi connectivity index (χ3v) is 4.49. The van der Waals surface area contributed by atoms with E-state index in [9.17, 15) is 4.79 Å². The number of alkyl carbamates (subject to hydrolysis) is 1. The molecule has 132 valence electrons. The zero-order valence-electron chi connectivity index (χ0n) is 14.6. The molecule has 0 bridgehead atoms. The number of amides is 1. The summed E-state index contributed by atoms with van der Waals surface area (Å²) < 4.78 is 7.40. The zero-order valence-corrected chi connectivity index (χ0v) is 14.6. The predicted octanol–water partition coefficient (Wildman–Crippen LogP) is 2.77. The second-order valence-corrected chi connectivity index (χ2v) is 7.57. The minimum absolute atomic E-state index is 0.0933. The van der Waals surface area contributed by atoms with Gasteiger partial charge in [-0.05, 0) is 46.1 Å². The standard InChI is InChI=1S/C17H22N6O2/c1-17(2,3)25-16(24)20-11-5-4-10(8-11)15-22-21-13-9-19-14-12(23(13)15)6-7-18-14/h6-7,9-11,18H,4-5,8H2,1-3H3,(H,20,24)/t10-,11-/m0/s1. The molecule has 4 rings (SSSR count). The van der Waals surface area contributed by atoms with Crippen molar-refractivity contribution in [2.45, 2.75) is 57.6 Å². The van der Waals surface area contributed by atoms with Crippen molar-refractivity contribution in [3.8, 4) is 0 Å². The average Bonchev–Trinajstić information content (AvgIpc) is 3.22. The number of fused-ring (bicyclic) bond motifs is 3. The van der Waals surface area contributed by atoms with Crippen LogP contribution in [0, 0.1) is 0 Å². The van der Waals surface area contributed by atoms with Crippen LogP contribution in [0.2, 0.25) is 0 Å². The molecular formula is C17H22N6O2. The largest absolute Gasteiger partial charge is 0.444 e. The van der Waals surface area contributed by atoms with Crippen LogP contribution in [-0.2, 0) is 4.74 Å². The number of nitrogens with one attached hydrogen (secondary N) is 2. The van der Waals surface area contributed by atoms with Gasteiger partial charge in [0.1, 0.15) is 11.4 Å². The molecule has 0 spiro atoms. The first-order valence-electron chi connectivity index (χ1n) is 8.57. The van der Waals surface area contributed by atoms with Crippen molar-refractivity contribution in [2.24, 2.45) is 0 Å². The number of carbonyl (C=O) groups excluding carboxylic acids is 1. The number of aromatic amines is 1. The molecule has 1 aliphatic carbocycles. The lowest BCUT2D eigenvalue weighted by molar-refractivity contribution is 0.0505. The molecule has 3 aromatic heterocycles. The van der Waals surface area contributed by atoms with E-state index in [4.69, 9.17) is 4.74 Å². The molecule has 0 radical (unpaired) electrons. The smallest absolute Gasteiger partial charge is 0.407 e. The Hall–Kier alpha value is -2.64. The quantitative estimate of drug-likeness (QED) is 0.746. The van der Waals surface area contributed by atoms with Gasteiger partial charge in [-0.1, -0.05) is 0 Å². The maximum absolute atomic E-state index is 12.0. The third kappa shape index (κ3) is 3.04. The van der Waals surface area contributed by atoms with Crippen molar-refractivity contribution in [1.82, 2.24) is 29.9 Å². The summed E-state index contributed by atoms with van der Waals surface area (Å²) in [5.41, 5.74) is 2.04. The van der Waals surface area contributed by atoms with Gasteiger partial charge in [-0.15, -0.1) is 10.2 Å². The third-order valence-electron chi connectivity index (χ3n) is 4.49. The fourth-order valence-electron chi connectivity index (χ4n) is 3.48. The number of ether oxygens (including phenoxy) is 1. The van der Waals surface area contributed by atoms with Gasteiger partial charge in [-0.25, -0.2) is 9.78 Å². The molecule has 0 saturated heterocycles. The monoisotopic (exact) mass is 342 g/mol. The van der Waals surface area contributed by atoms with E-state index in [0.717, 1.165) is 41.9 Å². The van der Waals surface area contributed by atoms with Crippen LogP contribution in [0.5, 0.6) is 0 Å². The summed E-state index contributed by atoms with van der Waals surface area (Å²) in [6.45, 7) is 5.59. The number of aromatic nitrogens is 5. The Bertz CT molecular complexity index is 922. The van der Waals surface area contributed by atoms with Gasteiger partial charge in [0.05, 0.1) is 11.7 Å². The molecule has 0 unspecified atom stereocenters. The number of hydrogen-bond donors (Lipinski definition) is 2. The molecule has 1 saturated carbocycles. The Morgan fingerprint density at radius 1 is 1.36 bits per heavy atom. The minimum atomic E-state index is -0.488. The van der Waals surface area contributed by atoms with Gasteiger partial charge in [-0.2, -0.15) is 0 Å². The molecule has 3 heterocycles. The second-order valence-electron chi connectivity index (χ2n) is 7.57. The number of rotatable bonds is 2. The van der Waals surface area contributed by atoms with Crippen LogP contribution >= 0.6 is 0 Å². The Kier molecular flexibility index (Phi) is 3.63. The Morgan fingerprint density at radius 2 is 2.20 bits per heavy atom. The topological polar surface area (TPSA) is 97.2 Å². The highest BCUT2D eigenvalue weighted by atomic mass is 16.6. The van der Waals surface area contributed by atoms with Crippen LogP contribution in [-0.4, -0.2) is 42.3 Å². The van der Waals surface area contributed by atoms with E-state index in [1.807, 2.05) is 33.0 Å². The van der Waals surface area contributed by atoms with Gasteiger partial charge in [0, 0.05) is 18.2 Å². The second kappa shape index (κ2) is 5.72. The summed E-state index contributed by atoms with van der Waals surface area (Å²) in [5.74, 6) is 1.17. The number of carbonyl (C=O) groups is 1. The molecule has 2 atom stereocenters. The Balaban J connectivity index is 1.53. The first-order chi connectivity index (χ1) is 11.9. The zero-order chi connectivity index (χ0) is 17.6. The van der Waals surface area contributed by atoms with E-state index in [1.165, 1.54) is 0 Å². The highest BCUT2D eigenvalue weighted by Crippen LogP contribution is 2.34. The molecule has 0 aromatic carbocycles. The highest BCUT2D eigenvalue weighted by Gasteiger charge is 2.31. The molecule has 8 nitrogen and oxygen atoms in total. The molecule has 0 aliphatic heterocycles. The lowest BCUT2D eigenvalue weighted by Gasteiger charge is -2.21. The normalized spacial score (nSPS) is 21.1. The van der Waals surface area contributed by atoms with Crippen molar-refractivity contribution < 1.29 is 9.53 Å². The Morgan fingerprint density at radius 3 is 3.00 bits per heavy atom. The SMILES string of the molecule is CC(C)(C)OC(=O)N[C@H]1CC[C@H](c2nnc3cnc4[nH]ccc4n23)C1. The summed E-state index contributed by atoms with van der Waals surface area (Å²) in [6.07, 6.45) is 5.91. The van der Waals surface area contributed by atoms with E-state index in [2.05, 4.69) is 29.9 Å². The van der Waals surface area contributed by atoms with Gasteiger partial charge in [0.25, 0.3) is 0 Å². The maximum atomic E-state index is 12.0. The molecule has 25 heavy (non-hydrogen) atoms. The first kappa shape index (κ1) is 15.9. The van der Waals surface area contributed by atoms with E-state index in [1.54, 1.807) is 6.20 Å². The van der Waals surface area contributed by atoms with Crippen molar-refractivity contribution in [3.05, 3.63) is 24.3 Å². The van der Waals surface area contributed by atoms with Crippen molar-refractivity contribution >= 4 is 22.9 Å². The van der Waals surface area contributed by atoms with Gasteiger partial charge in [0.2, 0.25) is 0 Å². The van der Waals surface area contributed by atoms with Crippen molar-refractivity contribution in [3.63, 3.8) is 0 Å². The molecule has 8 heteroatoms. The number of H-pyrrole nitrogens is 1. The minimum Gasteiger partial charge on any atom is -0.444 e. The van der Waals surface area contributed by atoms with Gasteiger partial charge in [-0.3, -0.25) is 4.40 Å². The van der Waals surface area contributed by atoms with Crippen LogP contribution in [0.1, 0.15) is 51.8 Å². The van der Waals surface area contributed by atoms with Crippen LogP contribution in [0.15, 0.2) is 18.5 Å².